The van der Waals surface area contributed by atoms with Crippen LogP contribution >= 0.6 is 0 Å². The van der Waals surface area contributed by atoms with E-state index in [-0.39, 0.29) is 0 Å². The number of esters is 1. The fourth-order valence-corrected chi connectivity index (χ4v) is 3.50. The zero-order valence-electron chi connectivity index (χ0n) is 14.9. The molecule has 134 valence electrons. The van der Waals surface area contributed by atoms with Crippen LogP contribution in [0.2, 0.25) is 0 Å². The second-order valence-electron chi connectivity index (χ2n) is 6.55. The molecule has 0 radical (unpaired) electrons. The van der Waals surface area contributed by atoms with Crippen molar-refractivity contribution in [1.29, 1.82) is 5.26 Å². The van der Waals surface area contributed by atoms with Crippen LogP contribution in [0.25, 0.3) is 22.6 Å². The van der Waals surface area contributed by atoms with E-state index in [9.17, 15) is 4.79 Å². The molecule has 0 N–H and O–H groups in total. The number of nitrogens with zero attached hydrogens (tertiary/aromatic N) is 2. The maximum Gasteiger partial charge on any atom is 0.340 e. The number of fused-ring (bicyclic) bond motifs is 2. The van der Waals surface area contributed by atoms with Crippen molar-refractivity contribution in [3.05, 3.63) is 65.2 Å². The van der Waals surface area contributed by atoms with E-state index >= 15 is 0 Å². The highest BCUT2D eigenvalue weighted by molar-refractivity contribution is 6.06. The molecule has 5 heteroatoms. The topological polar surface area (TPSA) is 76.1 Å². The van der Waals surface area contributed by atoms with Gasteiger partial charge in [0.15, 0.2) is 6.10 Å². The molecule has 1 aliphatic rings. The lowest BCUT2D eigenvalue weighted by Gasteiger charge is -2.22. The van der Waals surface area contributed by atoms with Crippen molar-refractivity contribution < 1.29 is 13.9 Å². The highest BCUT2D eigenvalue weighted by atomic mass is 16.5. The number of aromatic nitrogens is 1. The van der Waals surface area contributed by atoms with Crippen molar-refractivity contribution in [2.24, 2.45) is 0 Å². The summed E-state index contributed by atoms with van der Waals surface area (Å²) in [6, 6.07) is 13.2. The van der Waals surface area contributed by atoms with Crippen molar-refractivity contribution in [2.75, 3.05) is 0 Å². The Bertz CT molecular complexity index is 1070. The van der Waals surface area contributed by atoms with Gasteiger partial charge in [0.25, 0.3) is 0 Å². The van der Waals surface area contributed by atoms with Gasteiger partial charge in [-0.15, -0.1) is 0 Å². The number of allylic oxidation sites excluding steroid dienone is 1. The molecule has 0 saturated carbocycles. The van der Waals surface area contributed by atoms with E-state index in [1.807, 2.05) is 48.5 Å². The van der Waals surface area contributed by atoms with Gasteiger partial charge in [-0.05, 0) is 61.6 Å². The van der Waals surface area contributed by atoms with Crippen LogP contribution in [0.15, 0.2) is 47.1 Å². The Kier molecular flexibility index (Phi) is 4.47. The molecule has 0 bridgehead atoms. The fraction of sp³-hybridized carbons (Fsp3) is 0.227. The van der Waals surface area contributed by atoms with Gasteiger partial charge in [0, 0.05) is 5.39 Å². The Hall–Kier alpha value is -3.39. The van der Waals surface area contributed by atoms with E-state index in [1.165, 1.54) is 0 Å². The summed E-state index contributed by atoms with van der Waals surface area (Å²) in [7, 11) is 0. The zero-order chi connectivity index (χ0) is 18.8. The van der Waals surface area contributed by atoms with Crippen molar-refractivity contribution in [3.8, 4) is 6.07 Å². The van der Waals surface area contributed by atoms with E-state index in [0.717, 1.165) is 52.8 Å². The first-order valence-electron chi connectivity index (χ1n) is 8.94. The average molecular weight is 358 g/mol. The number of hydrogen-bond donors (Lipinski definition) is 0. The molecule has 2 heterocycles. The number of para-hydroxylation sites is 1. The second-order valence-corrected chi connectivity index (χ2v) is 6.55. The Labute approximate surface area is 156 Å². The van der Waals surface area contributed by atoms with Crippen LogP contribution in [0.4, 0.5) is 0 Å². The Morgan fingerprint density at radius 2 is 2.15 bits per heavy atom. The first-order chi connectivity index (χ1) is 13.2. The number of carbonyl (C=O) groups is 1. The molecule has 0 amide bonds. The van der Waals surface area contributed by atoms with Crippen molar-refractivity contribution >= 4 is 28.5 Å². The third-order valence-electron chi connectivity index (χ3n) is 4.70. The highest BCUT2D eigenvalue weighted by Crippen LogP contribution is 2.36. The number of pyridine rings is 1. The molecular formula is C22H18N2O3. The van der Waals surface area contributed by atoms with E-state index < -0.39 is 12.1 Å². The molecule has 5 nitrogen and oxygen atoms in total. The van der Waals surface area contributed by atoms with Gasteiger partial charge in [-0.2, -0.15) is 5.26 Å². The molecule has 27 heavy (non-hydrogen) atoms. The predicted molar refractivity (Wildman–Crippen MR) is 102 cm³/mol. The summed E-state index contributed by atoms with van der Waals surface area (Å²) >= 11 is 0. The molecule has 0 saturated heterocycles. The quantitative estimate of drug-likeness (QED) is 0.630. The second kappa shape index (κ2) is 7.08. The monoisotopic (exact) mass is 358 g/mol. The summed E-state index contributed by atoms with van der Waals surface area (Å²) in [4.78, 5) is 17.7. The lowest BCUT2D eigenvalue weighted by molar-refractivity contribution is 0.0436. The van der Waals surface area contributed by atoms with E-state index in [2.05, 4.69) is 0 Å². The summed E-state index contributed by atoms with van der Waals surface area (Å²) in [5, 5.41) is 9.76. The maximum atomic E-state index is 12.9. The van der Waals surface area contributed by atoms with Gasteiger partial charge < -0.3 is 9.15 Å². The molecule has 4 rings (SSSR count). The van der Waals surface area contributed by atoms with Crippen LogP contribution in [0.3, 0.4) is 0 Å². The molecule has 1 unspecified atom stereocenters. The molecular weight excluding hydrogens is 340 g/mol. The molecule has 3 aromatic rings. The Balaban J connectivity index is 1.92. The van der Waals surface area contributed by atoms with Gasteiger partial charge >= 0.3 is 5.97 Å². The summed E-state index contributed by atoms with van der Waals surface area (Å²) < 4.78 is 10.8. The number of rotatable bonds is 3. The normalized spacial score (nSPS) is 15.9. The van der Waals surface area contributed by atoms with Crippen LogP contribution in [-0.4, -0.2) is 17.1 Å². The Morgan fingerprint density at radius 3 is 2.93 bits per heavy atom. The third-order valence-corrected chi connectivity index (χ3v) is 4.70. The molecule has 1 aliphatic carbocycles. The summed E-state index contributed by atoms with van der Waals surface area (Å²) in [6.07, 6.45) is 5.33. The lowest BCUT2D eigenvalue weighted by atomic mass is 9.86. The lowest BCUT2D eigenvalue weighted by Crippen LogP contribution is -2.18. The smallest absolute Gasteiger partial charge is 0.340 e. The van der Waals surface area contributed by atoms with Gasteiger partial charge in [0.1, 0.15) is 11.8 Å². The number of ether oxygens (including phenoxy) is 1. The summed E-state index contributed by atoms with van der Waals surface area (Å²) in [6.45, 7) is 1.57. The summed E-state index contributed by atoms with van der Waals surface area (Å²) in [5.74, 6) is 0.285. The van der Waals surface area contributed by atoms with Gasteiger partial charge in [-0.25, -0.2) is 9.78 Å². The predicted octanol–water partition coefficient (Wildman–Crippen LogP) is 4.77. The largest absolute Gasteiger partial charge is 0.465 e. The van der Waals surface area contributed by atoms with Gasteiger partial charge in [0.05, 0.1) is 23.0 Å². The molecule has 1 atom stereocenters. The first-order valence-corrected chi connectivity index (χ1v) is 8.94. The van der Waals surface area contributed by atoms with Crippen LogP contribution < -0.4 is 0 Å². The third kappa shape index (κ3) is 3.22. The summed E-state index contributed by atoms with van der Waals surface area (Å²) in [5.41, 5.74) is 3.99. The minimum Gasteiger partial charge on any atom is -0.465 e. The van der Waals surface area contributed by atoms with Crippen molar-refractivity contribution in [2.45, 2.75) is 32.3 Å². The number of furan rings is 1. The number of benzene rings is 1. The van der Waals surface area contributed by atoms with Crippen molar-refractivity contribution in [3.63, 3.8) is 0 Å². The van der Waals surface area contributed by atoms with E-state index in [1.54, 1.807) is 13.2 Å². The number of hydrogen-bond acceptors (Lipinski definition) is 5. The number of nitriles is 1. The molecule has 0 fully saturated rings. The van der Waals surface area contributed by atoms with Gasteiger partial charge in [0.2, 0.25) is 0 Å². The number of carbonyl (C=O) groups excluding carboxylic acids is 1. The molecule has 1 aromatic carbocycles. The SMILES string of the molecule is CC(C#N)OC(=O)c1c2c(nc3ccccc13)/C(=C/c1ccco1)CCC2. The minimum atomic E-state index is -0.804. The standard InChI is InChI=1S/C22H18N2O3/c1-14(13-23)27-22(25)20-17-8-2-3-10-19(17)24-21-15(6-4-9-18(20)21)12-16-7-5-11-26-16/h2-3,5,7-8,10-12,14H,4,6,9H2,1H3/b15-12+. The fourth-order valence-electron chi connectivity index (χ4n) is 3.50. The first kappa shape index (κ1) is 17.0. The maximum absolute atomic E-state index is 12.9. The highest BCUT2D eigenvalue weighted by Gasteiger charge is 2.26. The van der Waals surface area contributed by atoms with Crippen molar-refractivity contribution in [1.82, 2.24) is 4.98 Å². The zero-order valence-corrected chi connectivity index (χ0v) is 14.9. The minimum absolute atomic E-state index is 0.474. The average Bonchev–Trinajstić information content (AvgIpc) is 3.19. The molecule has 2 aromatic heterocycles. The van der Waals surface area contributed by atoms with Gasteiger partial charge in [-0.1, -0.05) is 18.2 Å². The molecule has 0 aliphatic heterocycles. The van der Waals surface area contributed by atoms with Crippen LogP contribution in [-0.2, 0) is 11.2 Å². The van der Waals surface area contributed by atoms with Crippen LogP contribution in [0.1, 0.15) is 47.1 Å². The molecule has 0 spiro atoms. The van der Waals surface area contributed by atoms with Gasteiger partial charge in [-0.3, -0.25) is 0 Å². The van der Waals surface area contributed by atoms with E-state index in [4.69, 9.17) is 19.4 Å². The van der Waals surface area contributed by atoms with Crippen LogP contribution in [0.5, 0.6) is 0 Å². The van der Waals surface area contributed by atoms with Crippen LogP contribution in [0, 0.1) is 11.3 Å². The van der Waals surface area contributed by atoms with E-state index in [0.29, 0.717) is 5.56 Å². The Morgan fingerprint density at radius 1 is 1.30 bits per heavy atom.